The molecule has 0 N–H and O–H groups in total. The Morgan fingerprint density at radius 1 is 1.32 bits per heavy atom. The monoisotopic (exact) mass is 254 g/mol. The molecule has 100 valence electrons. The SMILES string of the molecule is CC(C)c1cc(C2CCCN2C)cc2ccncc12. The van der Waals surface area contributed by atoms with Crippen molar-refractivity contribution >= 4 is 10.8 Å². The minimum atomic E-state index is 0.540. The molecule has 2 heterocycles. The van der Waals surface area contributed by atoms with Gasteiger partial charge in [0.15, 0.2) is 0 Å². The molecule has 0 aliphatic carbocycles. The van der Waals surface area contributed by atoms with Gasteiger partial charge < -0.3 is 0 Å². The number of fused-ring (bicyclic) bond motifs is 1. The molecule has 19 heavy (non-hydrogen) atoms. The van der Waals surface area contributed by atoms with Crippen molar-refractivity contribution in [3.8, 4) is 0 Å². The van der Waals surface area contributed by atoms with Crippen LogP contribution < -0.4 is 0 Å². The van der Waals surface area contributed by atoms with Gasteiger partial charge in [-0.05, 0) is 61.0 Å². The Balaban J connectivity index is 2.16. The Labute approximate surface area is 115 Å². The molecule has 0 spiro atoms. The lowest BCUT2D eigenvalue weighted by molar-refractivity contribution is 0.317. The zero-order valence-electron chi connectivity index (χ0n) is 12.1. The predicted molar refractivity (Wildman–Crippen MR) is 80.4 cm³/mol. The van der Waals surface area contributed by atoms with Crippen molar-refractivity contribution in [1.29, 1.82) is 0 Å². The van der Waals surface area contributed by atoms with Gasteiger partial charge in [0.05, 0.1) is 0 Å². The fourth-order valence-corrected chi connectivity index (χ4v) is 3.25. The molecular weight excluding hydrogens is 232 g/mol. The maximum atomic E-state index is 4.29. The van der Waals surface area contributed by atoms with E-state index in [4.69, 9.17) is 0 Å². The van der Waals surface area contributed by atoms with Crippen molar-refractivity contribution in [1.82, 2.24) is 9.88 Å². The van der Waals surface area contributed by atoms with E-state index in [1.165, 1.54) is 41.3 Å². The molecule has 2 heteroatoms. The molecule has 0 radical (unpaired) electrons. The van der Waals surface area contributed by atoms with E-state index in [2.05, 4.69) is 49.0 Å². The summed E-state index contributed by atoms with van der Waals surface area (Å²) in [5.41, 5.74) is 2.91. The number of rotatable bonds is 2. The van der Waals surface area contributed by atoms with Crippen LogP contribution in [0, 0.1) is 0 Å². The molecule has 1 aliphatic heterocycles. The fraction of sp³-hybridized carbons (Fsp3) is 0.471. The summed E-state index contributed by atoms with van der Waals surface area (Å²) in [5.74, 6) is 0.540. The van der Waals surface area contributed by atoms with Crippen molar-refractivity contribution in [3.05, 3.63) is 41.7 Å². The zero-order valence-corrected chi connectivity index (χ0v) is 12.1. The topological polar surface area (TPSA) is 16.1 Å². The van der Waals surface area contributed by atoms with Crippen molar-refractivity contribution < 1.29 is 0 Å². The highest BCUT2D eigenvalue weighted by Crippen LogP contribution is 2.35. The number of benzene rings is 1. The quantitative estimate of drug-likeness (QED) is 0.801. The molecule has 2 aromatic rings. The van der Waals surface area contributed by atoms with Gasteiger partial charge in [0.25, 0.3) is 0 Å². The Hall–Kier alpha value is -1.41. The van der Waals surface area contributed by atoms with Crippen LogP contribution in [0.25, 0.3) is 10.8 Å². The van der Waals surface area contributed by atoms with Gasteiger partial charge in [0.2, 0.25) is 0 Å². The highest BCUT2D eigenvalue weighted by molar-refractivity contribution is 5.86. The number of nitrogens with zero attached hydrogens (tertiary/aromatic N) is 2. The van der Waals surface area contributed by atoms with Gasteiger partial charge in [-0.2, -0.15) is 0 Å². The second-order valence-corrected chi connectivity index (χ2v) is 6.00. The molecule has 1 aromatic carbocycles. The Kier molecular flexibility index (Phi) is 3.28. The smallest absolute Gasteiger partial charge is 0.0349 e. The lowest BCUT2D eigenvalue weighted by Gasteiger charge is -2.22. The van der Waals surface area contributed by atoms with Gasteiger partial charge in [0.1, 0.15) is 0 Å². The van der Waals surface area contributed by atoms with Crippen molar-refractivity contribution in [2.45, 2.75) is 38.6 Å². The normalized spacial score (nSPS) is 20.5. The molecule has 0 bridgehead atoms. The molecule has 1 saturated heterocycles. The third-order valence-corrected chi connectivity index (χ3v) is 4.34. The molecule has 2 nitrogen and oxygen atoms in total. The van der Waals surface area contributed by atoms with Crippen LogP contribution in [-0.4, -0.2) is 23.5 Å². The lowest BCUT2D eigenvalue weighted by Crippen LogP contribution is -2.17. The molecule has 0 saturated carbocycles. The van der Waals surface area contributed by atoms with E-state index in [1.807, 2.05) is 12.4 Å². The number of likely N-dealkylation sites (tertiary alicyclic amines) is 1. The number of aromatic nitrogens is 1. The van der Waals surface area contributed by atoms with Crippen LogP contribution in [-0.2, 0) is 0 Å². The number of hydrogen-bond donors (Lipinski definition) is 0. The first-order chi connectivity index (χ1) is 9.16. The average molecular weight is 254 g/mol. The second kappa shape index (κ2) is 4.93. The highest BCUT2D eigenvalue weighted by Gasteiger charge is 2.23. The maximum absolute atomic E-state index is 4.29. The summed E-state index contributed by atoms with van der Waals surface area (Å²) >= 11 is 0. The highest BCUT2D eigenvalue weighted by atomic mass is 15.1. The number of hydrogen-bond acceptors (Lipinski definition) is 2. The summed E-state index contributed by atoms with van der Waals surface area (Å²) in [5, 5.41) is 2.64. The summed E-state index contributed by atoms with van der Waals surface area (Å²) < 4.78 is 0. The van der Waals surface area contributed by atoms with E-state index in [9.17, 15) is 0 Å². The van der Waals surface area contributed by atoms with Crippen LogP contribution in [0.2, 0.25) is 0 Å². The summed E-state index contributed by atoms with van der Waals surface area (Å²) in [6.07, 6.45) is 6.50. The average Bonchev–Trinajstić information content (AvgIpc) is 2.83. The van der Waals surface area contributed by atoms with Crippen LogP contribution in [0.3, 0.4) is 0 Å². The standard InChI is InChI=1S/C17H22N2/c1-12(2)15-10-14(17-5-4-8-19(17)3)9-13-6-7-18-11-16(13)15/h6-7,9-12,17H,4-5,8H2,1-3H3. The van der Waals surface area contributed by atoms with Crippen LogP contribution in [0.15, 0.2) is 30.6 Å². The van der Waals surface area contributed by atoms with E-state index in [0.717, 1.165) is 0 Å². The van der Waals surface area contributed by atoms with Gasteiger partial charge in [-0.3, -0.25) is 9.88 Å². The van der Waals surface area contributed by atoms with Crippen molar-refractivity contribution in [2.75, 3.05) is 13.6 Å². The first kappa shape index (κ1) is 12.6. The van der Waals surface area contributed by atoms with Gasteiger partial charge in [0, 0.05) is 23.8 Å². The minimum absolute atomic E-state index is 0.540. The molecule has 1 fully saturated rings. The predicted octanol–water partition coefficient (Wildman–Crippen LogP) is 4.12. The van der Waals surface area contributed by atoms with E-state index >= 15 is 0 Å². The minimum Gasteiger partial charge on any atom is -0.299 e. The lowest BCUT2D eigenvalue weighted by atomic mass is 9.92. The van der Waals surface area contributed by atoms with Crippen LogP contribution in [0.5, 0.6) is 0 Å². The summed E-state index contributed by atoms with van der Waals surface area (Å²) in [4.78, 5) is 6.77. The Morgan fingerprint density at radius 2 is 2.16 bits per heavy atom. The van der Waals surface area contributed by atoms with Gasteiger partial charge in [-0.25, -0.2) is 0 Å². The van der Waals surface area contributed by atoms with E-state index in [1.54, 1.807) is 0 Å². The summed E-state index contributed by atoms with van der Waals surface area (Å²) in [7, 11) is 2.24. The fourth-order valence-electron chi connectivity index (χ4n) is 3.25. The maximum Gasteiger partial charge on any atom is 0.0349 e. The van der Waals surface area contributed by atoms with E-state index in [0.29, 0.717) is 12.0 Å². The molecule has 1 aliphatic rings. The van der Waals surface area contributed by atoms with E-state index in [-0.39, 0.29) is 0 Å². The molecule has 1 unspecified atom stereocenters. The largest absolute Gasteiger partial charge is 0.299 e. The first-order valence-electron chi connectivity index (χ1n) is 7.24. The van der Waals surface area contributed by atoms with Gasteiger partial charge >= 0.3 is 0 Å². The third kappa shape index (κ3) is 2.25. The zero-order chi connectivity index (χ0) is 13.4. The summed E-state index contributed by atoms with van der Waals surface area (Å²) in [6.45, 7) is 5.75. The Bertz CT molecular complexity index is 589. The summed E-state index contributed by atoms with van der Waals surface area (Å²) in [6, 6.07) is 7.49. The van der Waals surface area contributed by atoms with Gasteiger partial charge in [-0.1, -0.05) is 19.9 Å². The first-order valence-corrected chi connectivity index (χ1v) is 7.24. The Morgan fingerprint density at radius 3 is 2.84 bits per heavy atom. The molecule has 1 aromatic heterocycles. The van der Waals surface area contributed by atoms with Crippen LogP contribution >= 0.6 is 0 Å². The molecular formula is C17H22N2. The molecule has 0 amide bonds. The van der Waals surface area contributed by atoms with Gasteiger partial charge in [-0.15, -0.1) is 0 Å². The molecule has 1 atom stereocenters. The van der Waals surface area contributed by atoms with Crippen molar-refractivity contribution in [3.63, 3.8) is 0 Å². The van der Waals surface area contributed by atoms with E-state index < -0.39 is 0 Å². The number of pyridine rings is 1. The molecule has 3 rings (SSSR count). The third-order valence-electron chi connectivity index (χ3n) is 4.34. The second-order valence-electron chi connectivity index (χ2n) is 6.00. The van der Waals surface area contributed by atoms with Crippen LogP contribution in [0.1, 0.15) is 49.8 Å². The van der Waals surface area contributed by atoms with Crippen molar-refractivity contribution in [2.24, 2.45) is 0 Å². The van der Waals surface area contributed by atoms with Crippen LogP contribution in [0.4, 0.5) is 0 Å².